The van der Waals surface area contributed by atoms with E-state index in [2.05, 4.69) is 15.5 Å². The Bertz CT molecular complexity index is 1270. The number of aromatic nitrogens is 3. The Kier molecular flexibility index (Phi) is 4.66. The summed E-state index contributed by atoms with van der Waals surface area (Å²) in [6.45, 7) is 4.28. The zero-order valence-corrected chi connectivity index (χ0v) is 17.1. The summed E-state index contributed by atoms with van der Waals surface area (Å²) < 4.78 is 18.0. The molecule has 8 nitrogen and oxygen atoms in total. The van der Waals surface area contributed by atoms with Gasteiger partial charge in [0.05, 0.1) is 0 Å². The molecular formula is C23H20N4O4. The summed E-state index contributed by atoms with van der Waals surface area (Å²) in [4.78, 5) is 17.1. The van der Waals surface area contributed by atoms with E-state index in [-0.39, 0.29) is 19.2 Å². The van der Waals surface area contributed by atoms with Gasteiger partial charge in [-0.15, -0.1) is 0 Å². The van der Waals surface area contributed by atoms with E-state index in [1.807, 2.05) is 68.6 Å². The van der Waals surface area contributed by atoms with Crippen molar-refractivity contribution in [1.29, 1.82) is 0 Å². The second-order valence-electron chi connectivity index (χ2n) is 7.38. The Morgan fingerprint density at radius 1 is 1.10 bits per heavy atom. The first-order valence-corrected chi connectivity index (χ1v) is 9.83. The van der Waals surface area contributed by atoms with Crippen LogP contribution in [0.2, 0.25) is 0 Å². The first kappa shape index (κ1) is 18.9. The van der Waals surface area contributed by atoms with Crippen LogP contribution in [0.4, 0.5) is 5.69 Å². The van der Waals surface area contributed by atoms with E-state index >= 15 is 0 Å². The molecule has 0 bridgehead atoms. The van der Waals surface area contributed by atoms with E-state index in [0.29, 0.717) is 28.9 Å². The van der Waals surface area contributed by atoms with Crippen molar-refractivity contribution in [2.24, 2.45) is 0 Å². The van der Waals surface area contributed by atoms with Crippen molar-refractivity contribution in [1.82, 2.24) is 14.7 Å². The minimum absolute atomic E-state index is 0.122. The number of hydrogen-bond acceptors (Lipinski definition) is 6. The Morgan fingerprint density at radius 2 is 1.97 bits per heavy atom. The summed E-state index contributed by atoms with van der Waals surface area (Å²) in [5.41, 5.74) is 4.32. The molecule has 4 aromatic rings. The number of aryl methyl sites for hydroxylation is 2. The Labute approximate surface area is 178 Å². The van der Waals surface area contributed by atoms with E-state index in [4.69, 9.17) is 14.0 Å². The number of nitrogens with zero attached hydrogens (tertiary/aromatic N) is 3. The number of amides is 1. The highest BCUT2D eigenvalue weighted by Gasteiger charge is 2.19. The first-order chi connectivity index (χ1) is 15.1. The smallest absolute Gasteiger partial charge is 0.274 e. The van der Waals surface area contributed by atoms with E-state index in [9.17, 15) is 4.79 Å². The van der Waals surface area contributed by atoms with Gasteiger partial charge in [-0.25, -0.2) is 0 Å². The molecule has 0 fully saturated rings. The van der Waals surface area contributed by atoms with Crippen LogP contribution >= 0.6 is 0 Å². The summed E-state index contributed by atoms with van der Waals surface area (Å²) >= 11 is 0. The minimum Gasteiger partial charge on any atom is -0.454 e. The van der Waals surface area contributed by atoms with Crippen LogP contribution < -0.4 is 14.8 Å². The van der Waals surface area contributed by atoms with Crippen LogP contribution in [0.5, 0.6) is 11.5 Å². The van der Waals surface area contributed by atoms with Gasteiger partial charge in [-0.1, -0.05) is 17.3 Å². The summed E-state index contributed by atoms with van der Waals surface area (Å²) in [6, 6.07) is 15.1. The second kappa shape index (κ2) is 7.64. The van der Waals surface area contributed by atoms with Crippen molar-refractivity contribution in [3.05, 3.63) is 65.9 Å². The van der Waals surface area contributed by atoms with Crippen LogP contribution in [0, 0.1) is 13.8 Å². The topological polar surface area (TPSA) is 91.4 Å². The number of hydrogen-bond donors (Lipinski definition) is 1. The van der Waals surface area contributed by atoms with Gasteiger partial charge in [0.15, 0.2) is 11.5 Å². The molecule has 2 aromatic heterocycles. The van der Waals surface area contributed by atoms with Gasteiger partial charge >= 0.3 is 0 Å². The fraction of sp³-hybridized carbons (Fsp3) is 0.174. The van der Waals surface area contributed by atoms with Gasteiger partial charge in [0, 0.05) is 17.4 Å². The van der Waals surface area contributed by atoms with E-state index in [1.54, 1.807) is 4.57 Å². The second-order valence-corrected chi connectivity index (χ2v) is 7.38. The number of carbonyl (C=O) groups is 1. The molecule has 0 saturated carbocycles. The van der Waals surface area contributed by atoms with Crippen LogP contribution in [-0.4, -0.2) is 27.4 Å². The molecule has 156 valence electrons. The predicted molar refractivity (Wildman–Crippen MR) is 114 cm³/mol. The summed E-state index contributed by atoms with van der Waals surface area (Å²) in [5.74, 6) is 1.96. The molecule has 3 heterocycles. The van der Waals surface area contributed by atoms with Crippen molar-refractivity contribution in [3.8, 4) is 34.5 Å². The number of anilines is 1. The third-order valence-corrected chi connectivity index (χ3v) is 5.09. The molecule has 1 amide bonds. The fourth-order valence-electron chi connectivity index (χ4n) is 3.44. The third kappa shape index (κ3) is 3.75. The molecule has 0 saturated heterocycles. The molecule has 1 aliphatic rings. The van der Waals surface area contributed by atoms with Gasteiger partial charge in [-0.3, -0.25) is 4.79 Å². The molecule has 0 radical (unpaired) electrons. The van der Waals surface area contributed by atoms with Gasteiger partial charge in [-0.05, 0) is 61.4 Å². The predicted octanol–water partition coefficient (Wildman–Crippen LogP) is 4.19. The maximum absolute atomic E-state index is 12.6. The summed E-state index contributed by atoms with van der Waals surface area (Å²) in [7, 11) is 0. The number of carbonyl (C=O) groups excluding carboxylic acids is 1. The van der Waals surface area contributed by atoms with Gasteiger partial charge in [0.25, 0.3) is 5.89 Å². The number of ether oxygens (including phenoxy) is 2. The highest BCUT2D eigenvalue weighted by Crippen LogP contribution is 2.35. The van der Waals surface area contributed by atoms with Crippen molar-refractivity contribution in [2.45, 2.75) is 20.4 Å². The van der Waals surface area contributed by atoms with E-state index in [1.165, 1.54) is 0 Å². The molecule has 1 N–H and O–H groups in total. The molecule has 0 aliphatic carbocycles. The third-order valence-electron chi connectivity index (χ3n) is 5.09. The molecule has 2 aromatic carbocycles. The zero-order chi connectivity index (χ0) is 21.4. The van der Waals surface area contributed by atoms with Crippen molar-refractivity contribution in [3.63, 3.8) is 0 Å². The lowest BCUT2D eigenvalue weighted by molar-refractivity contribution is -0.116. The number of benzene rings is 2. The first-order valence-electron chi connectivity index (χ1n) is 9.83. The quantitative estimate of drug-likeness (QED) is 0.525. The molecular weight excluding hydrogens is 396 g/mol. The van der Waals surface area contributed by atoms with Crippen LogP contribution in [0.25, 0.3) is 23.0 Å². The van der Waals surface area contributed by atoms with Gasteiger partial charge in [0.1, 0.15) is 12.2 Å². The monoisotopic (exact) mass is 416 g/mol. The molecule has 31 heavy (non-hydrogen) atoms. The van der Waals surface area contributed by atoms with Gasteiger partial charge in [0.2, 0.25) is 18.5 Å². The number of nitrogens with one attached hydrogen (secondary N) is 1. The normalized spacial score (nSPS) is 12.2. The highest BCUT2D eigenvalue weighted by molar-refractivity contribution is 5.91. The standard InChI is InChI=1S/C23H20N4O4/c1-14-5-6-15(2)17(10-14)24-21(28)12-27-9-3-4-18(27)23-25-22(26-31-23)16-7-8-19-20(11-16)30-13-29-19/h3-11H,12-13H2,1-2H3,(H,24,28). The lowest BCUT2D eigenvalue weighted by atomic mass is 10.1. The number of fused-ring (bicyclic) bond motifs is 1. The molecule has 0 atom stereocenters. The average Bonchev–Trinajstić information content (AvgIpc) is 3.49. The number of rotatable bonds is 5. The summed E-state index contributed by atoms with van der Waals surface area (Å²) in [6.07, 6.45) is 1.81. The van der Waals surface area contributed by atoms with E-state index in [0.717, 1.165) is 22.4 Å². The molecule has 0 spiro atoms. The SMILES string of the molecule is Cc1ccc(C)c(NC(=O)Cn2cccc2-c2nc(-c3ccc4c(c3)OCO4)no2)c1. The average molecular weight is 416 g/mol. The molecule has 5 rings (SSSR count). The van der Waals surface area contributed by atoms with Gasteiger partial charge in [-0.2, -0.15) is 4.98 Å². The van der Waals surface area contributed by atoms with Crippen LogP contribution in [0.15, 0.2) is 59.3 Å². The van der Waals surface area contributed by atoms with Gasteiger partial charge < -0.3 is 23.9 Å². The van der Waals surface area contributed by atoms with E-state index < -0.39 is 0 Å². The highest BCUT2D eigenvalue weighted by atomic mass is 16.7. The zero-order valence-electron chi connectivity index (χ0n) is 17.1. The van der Waals surface area contributed by atoms with Crippen molar-refractivity contribution < 1.29 is 18.8 Å². The summed E-state index contributed by atoms with van der Waals surface area (Å²) in [5, 5.41) is 7.05. The minimum atomic E-state index is -0.137. The Morgan fingerprint density at radius 3 is 2.87 bits per heavy atom. The van der Waals surface area contributed by atoms with Crippen LogP contribution in [0.1, 0.15) is 11.1 Å². The largest absolute Gasteiger partial charge is 0.454 e. The lowest BCUT2D eigenvalue weighted by Crippen LogP contribution is -2.19. The molecule has 1 aliphatic heterocycles. The maximum Gasteiger partial charge on any atom is 0.274 e. The fourth-order valence-corrected chi connectivity index (χ4v) is 3.44. The van der Waals surface area contributed by atoms with Crippen molar-refractivity contribution in [2.75, 3.05) is 12.1 Å². The maximum atomic E-state index is 12.6. The van der Waals surface area contributed by atoms with Crippen LogP contribution in [-0.2, 0) is 11.3 Å². The van der Waals surface area contributed by atoms with Crippen molar-refractivity contribution >= 4 is 11.6 Å². The Balaban J connectivity index is 1.35. The molecule has 0 unspecified atom stereocenters. The lowest BCUT2D eigenvalue weighted by Gasteiger charge is -2.11. The molecule has 8 heteroatoms. The Hall–Kier alpha value is -4.07. The van der Waals surface area contributed by atoms with Crippen LogP contribution in [0.3, 0.4) is 0 Å².